The van der Waals surface area contributed by atoms with Crippen molar-refractivity contribution in [2.75, 3.05) is 11.5 Å². The molecule has 0 rings (SSSR count). The minimum absolute atomic E-state index is 0.115. The van der Waals surface area contributed by atoms with E-state index in [1.807, 2.05) is 6.07 Å². The molecule has 0 unspecified atom stereocenters. The maximum atomic E-state index is 11.2. The molecule has 0 aromatic rings. The molecule has 5 nitrogen and oxygen atoms in total. The summed E-state index contributed by atoms with van der Waals surface area (Å²) in [5, 5.41) is 19.4. The van der Waals surface area contributed by atoms with Crippen LogP contribution in [-0.4, -0.2) is 34.5 Å². The number of nitriles is 1. The van der Waals surface area contributed by atoms with Crippen LogP contribution in [0.1, 0.15) is 13.8 Å². The fourth-order valence-corrected chi connectivity index (χ4v) is 1.38. The predicted molar refractivity (Wildman–Crippen MR) is 57.3 cm³/mol. The lowest BCUT2D eigenvalue weighted by Crippen LogP contribution is -2.45. The van der Waals surface area contributed by atoms with E-state index in [-0.39, 0.29) is 23.3 Å². The molecule has 0 heterocycles. The Labute approximate surface area is 92.8 Å². The van der Waals surface area contributed by atoms with Crippen molar-refractivity contribution in [3.05, 3.63) is 0 Å². The first-order valence-electron chi connectivity index (χ1n) is 4.46. The second-order valence-corrected chi connectivity index (χ2v) is 4.26. The molecule has 0 fully saturated rings. The molecule has 1 amide bonds. The maximum Gasteiger partial charge on any atom is 0.326 e. The van der Waals surface area contributed by atoms with E-state index in [1.165, 1.54) is 0 Å². The Kier molecular flexibility index (Phi) is 6.54. The van der Waals surface area contributed by atoms with Crippen LogP contribution in [0.2, 0.25) is 0 Å². The second kappa shape index (κ2) is 7.12. The molecular formula is C9H14N2O3S. The summed E-state index contributed by atoms with van der Waals surface area (Å²) in [6.45, 7) is 3.45. The van der Waals surface area contributed by atoms with Crippen molar-refractivity contribution in [2.45, 2.75) is 19.9 Å². The van der Waals surface area contributed by atoms with Gasteiger partial charge in [0, 0.05) is 0 Å². The zero-order chi connectivity index (χ0) is 11.8. The first-order chi connectivity index (χ1) is 6.99. The van der Waals surface area contributed by atoms with Gasteiger partial charge in [0.05, 0.1) is 17.6 Å². The quantitative estimate of drug-likeness (QED) is 0.647. The van der Waals surface area contributed by atoms with Crippen LogP contribution >= 0.6 is 11.8 Å². The van der Waals surface area contributed by atoms with Gasteiger partial charge >= 0.3 is 5.97 Å². The van der Waals surface area contributed by atoms with Gasteiger partial charge in [-0.1, -0.05) is 13.8 Å². The van der Waals surface area contributed by atoms with E-state index in [2.05, 4.69) is 5.32 Å². The van der Waals surface area contributed by atoms with Gasteiger partial charge in [-0.25, -0.2) is 4.79 Å². The second-order valence-electron chi connectivity index (χ2n) is 3.28. The van der Waals surface area contributed by atoms with E-state index in [4.69, 9.17) is 10.4 Å². The summed E-state index contributed by atoms with van der Waals surface area (Å²) >= 11 is 1.16. The van der Waals surface area contributed by atoms with Crippen molar-refractivity contribution in [2.24, 2.45) is 5.92 Å². The highest BCUT2D eigenvalue weighted by Gasteiger charge is 2.22. The molecule has 0 saturated carbocycles. The van der Waals surface area contributed by atoms with Gasteiger partial charge in [0.25, 0.3) is 0 Å². The fourth-order valence-electron chi connectivity index (χ4n) is 0.918. The summed E-state index contributed by atoms with van der Waals surface area (Å²) in [7, 11) is 0. The lowest BCUT2D eigenvalue weighted by Gasteiger charge is -2.17. The van der Waals surface area contributed by atoms with Gasteiger partial charge in [0.1, 0.15) is 6.04 Å². The molecule has 0 spiro atoms. The van der Waals surface area contributed by atoms with Crippen molar-refractivity contribution >= 4 is 23.6 Å². The van der Waals surface area contributed by atoms with E-state index >= 15 is 0 Å². The molecule has 0 saturated heterocycles. The summed E-state index contributed by atoms with van der Waals surface area (Å²) < 4.78 is 0. The summed E-state index contributed by atoms with van der Waals surface area (Å²) in [5.74, 6) is -1.20. The molecule has 6 heteroatoms. The van der Waals surface area contributed by atoms with E-state index in [9.17, 15) is 9.59 Å². The highest BCUT2D eigenvalue weighted by atomic mass is 32.2. The number of carboxylic acids is 1. The molecule has 0 aliphatic carbocycles. The topological polar surface area (TPSA) is 90.2 Å². The monoisotopic (exact) mass is 230 g/mol. The maximum absolute atomic E-state index is 11.2. The highest BCUT2D eigenvalue weighted by Crippen LogP contribution is 2.03. The molecule has 2 N–H and O–H groups in total. The summed E-state index contributed by atoms with van der Waals surface area (Å²) in [6, 6.07) is 1.03. The first-order valence-corrected chi connectivity index (χ1v) is 5.61. The molecule has 0 aromatic carbocycles. The van der Waals surface area contributed by atoms with Crippen LogP contribution in [0.4, 0.5) is 0 Å². The Morgan fingerprint density at radius 3 is 2.53 bits per heavy atom. The number of amides is 1. The number of thioether (sulfide) groups is 1. The van der Waals surface area contributed by atoms with Crippen molar-refractivity contribution in [1.82, 2.24) is 5.32 Å². The Hall–Kier alpha value is -1.22. The van der Waals surface area contributed by atoms with Crippen LogP contribution in [0.5, 0.6) is 0 Å². The Bertz CT molecular complexity index is 273. The van der Waals surface area contributed by atoms with Crippen molar-refractivity contribution < 1.29 is 14.7 Å². The van der Waals surface area contributed by atoms with Crippen molar-refractivity contribution in [1.29, 1.82) is 5.26 Å². The molecule has 1 atom stereocenters. The summed E-state index contributed by atoms with van der Waals surface area (Å²) in [6.07, 6.45) is 0. The van der Waals surface area contributed by atoms with Crippen LogP contribution in [0.3, 0.4) is 0 Å². The SMILES string of the molecule is CC(C)[C@H](NC(=O)CSCC#N)C(=O)O. The third-order valence-corrected chi connectivity index (χ3v) is 2.45. The lowest BCUT2D eigenvalue weighted by molar-refractivity contribution is -0.142. The molecule has 84 valence electrons. The number of carbonyl (C=O) groups is 2. The fraction of sp³-hybridized carbons (Fsp3) is 0.667. The smallest absolute Gasteiger partial charge is 0.326 e. The molecule has 0 aliphatic heterocycles. The van der Waals surface area contributed by atoms with Gasteiger partial charge in [-0.05, 0) is 5.92 Å². The van der Waals surface area contributed by atoms with Gasteiger partial charge in [0.2, 0.25) is 5.91 Å². The Morgan fingerprint density at radius 2 is 2.13 bits per heavy atom. The van der Waals surface area contributed by atoms with Crippen LogP contribution in [0, 0.1) is 17.2 Å². The molecule has 0 bridgehead atoms. The number of carbonyl (C=O) groups excluding carboxylic acids is 1. The average Bonchev–Trinajstić information content (AvgIpc) is 2.13. The van der Waals surface area contributed by atoms with Gasteiger partial charge in [0.15, 0.2) is 0 Å². The molecular weight excluding hydrogens is 216 g/mol. The Balaban J connectivity index is 4.02. The summed E-state index contributed by atoms with van der Waals surface area (Å²) in [4.78, 5) is 22.0. The van der Waals surface area contributed by atoms with Gasteiger partial charge in [-0.2, -0.15) is 5.26 Å². The molecule has 0 aromatic heterocycles. The zero-order valence-corrected chi connectivity index (χ0v) is 9.50. The van der Waals surface area contributed by atoms with E-state index in [0.717, 1.165) is 11.8 Å². The van der Waals surface area contributed by atoms with Gasteiger partial charge < -0.3 is 10.4 Å². The highest BCUT2D eigenvalue weighted by molar-refractivity contribution is 8.00. The van der Waals surface area contributed by atoms with Crippen molar-refractivity contribution in [3.8, 4) is 6.07 Å². The van der Waals surface area contributed by atoms with E-state index in [0.29, 0.717) is 0 Å². The van der Waals surface area contributed by atoms with Crippen LogP contribution in [0.25, 0.3) is 0 Å². The number of hydrogen-bond donors (Lipinski definition) is 2. The third kappa shape index (κ3) is 5.96. The average molecular weight is 230 g/mol. The lowest BCUT2D eigenvalue weighted by atomic mass is 10.1. The van der Waals surface area contributed by atoms with Gasteiger partial charge in [-0.3, -0.25) is 4.79 Å². The van der Waals surface area contributed by atoms with E-state index in [1.54, 1.807) is 13.8 Å². The Morgan fingerprint density at radius 1 is 1.53 bits per heavy atom. The standard InChI is InChI=1S/C9H14N2O3S/c1-6(2)8(9(13)14)11-7(12)5-15-4-3-10/h6,8H,4-5H2,1-2H3,(H,11,12)(H,13,14)/t8-/m0/s1. The molecule has 15 heavy (non-hydrogen) atoms. The minimum Gasteiger partial charge on any atom is -0.480 e. The van der Waals surface area contributed by atoms with Crippen LogP contribution in [0.15, 0.2) is 0 Å². The number of aliphatic carboxylic acids is 1. The predicted octanol–water partition coefficient (Wildman–Crippen LogP) is 0.469. The molecule has 0 aliphatic rings. The number of nitrogens with one attached hydrogen (secondary N) is 1. The largest absolute Gasteiger partial charge is 0.480 e. The third-order valence-electron chi connectivity index (χ3n) is 1.65. The van der Waals surface area contributed by atoms with Crippen LogP contribution < -0.4 is 5.32 Å². The normalized spacial score (nSPS) is 11.9. The van der Waals surface area contributed by atoms with Crippen LogP contribution in [-0.2, 0) is 9.59 Å². The summed E-state index contributed by atoms with van der Waals surface area (Å²) in [5.41, 5.74) is 0. The van der Waals surface area contributed by atoms with Crippen molar-refractivity contribution in [3.63, 3.8) is 0 Å². The molecule has 0 radical (unpaired) electrons. The minimum atomic E-state index is -1.04. The number of carboxylic acid groups (broad SMARTS) is 1. The van der Waals surface area contributed by atoms with E-state index < -0.39 is 12.0 Å². The zero-order valence-electron chi connectivity index (χ0n) is 8.69. The number of nitrogens with zero attached hydrogens (tertiary/aromatic N) is 1. The first kappa shape index (κ1) is 13.8. The number of rotatable bonds is 6. The van der Waals surface area contributed by atoms with Gasteiger partial charge in [-0.15, -0.1) is 11.8 Å². The number of hydrogen-bond acceptors (Lipinski definition) is 4.